The summed E-state index contributed by atoms with van der Waals surface area (Å²) in [7, 11) is 1.65. The Morgan fingerprint density at radius 2 is 1.53 bits per heavy atom. The number of nitrogens with two attached hydrogens (primary N) is 1. The Hall–Kier alpha value is -4.31. The summed E-state index contributed by atoms with van der Waals surface area (Å²) in [5, 5.41) is 0. The maximum absolute atomic E-state index is 13.5. The number of hydrogen-bond acceptors (Lipinski definition) is 10. The van der Waals surface area contributed by atoms with Gasteiger partial charge in [0.05, 0.1) is 33.5 Å². The molecule has 0 amide bonds. The van der Waals surface area contributed by atoms with Crippen LogP contribution in [-0.2, 0) is 30.5 Å². The van der Waals surface area contributed by atoms with Crippen molar-refractivity contribution in [1.82, 2.24) is 14.2 Å². The third kappa shape index (κ3) is 10.6. The molecule has 0 bridgehead atoms. The molecule has 3 N–H and O–H groups in total. The fourth-order valence-electron chi connectivity index (χ4n) is 7.25. The Morgan fingerprint density at radius 3 is 2.07 bits per heavy atom. The molecule has 1 fully saturated rings. The van der Waals surface area contributed by atoms with Gasteiger partial charge in [0.2, 0.25) is 0 Å². The SMILES string of the molecule is C#CCCCCc1cn([C@H]2CC(OP(OCCN)N(C(C)C)C(C)C)[C@@H](COC(c3ccccc3)(c3ccc(OC)cc3)c3ccc(OC)cc3)O2)c(=O)[nH]c1=O. The van der Waals surface area contributed by atoms with Gasteiger partial charge in [-0.2, -0.15) is 0 Å². The van der Waals surface area contributed by atoms with Gasteiger partial charge in [0.1, 0.15) is 29.4 Å². The average Bonchev–Trinajstić information content (AvgIpc) is 3.61. The number of H-pyrrole nitrogens is 1. The van der Waals surface area contributed by atoms with Crippen molar-refractivity contribution in [3.8, 4) is 23.8 Å². The van der Waals surface area contributed by atoms with Crippen molar-refractivity contribution >= 4 is 8.53 Å². The van der Waals surface area contributed by atoms with Crippen molar-refractivity contribution in [1.29, 1.82) is 0 Å². The zero-order valence-corrected chi connectivity index (χ0v) is 34.8. The molecule has 306 valence electrons. The summed E-state index contributed by atoms with van der Waals surface area (Å²) < 4.78 is 42.1. The Bertz CT molecular complexity index is 1940. The highest BCUT2D eigenvalue weighted by Crippen LogP contribution is 2.50. The molecule has 2 heterocycles. The number of methoxy groups -OCH3 is 2. The first-order valence-electron chi connectivity index (χ1n) is 19.6. The van der Waals surface area contributed by atoms with Gasteiger partial charge in [-0.15, -0.1) is 12.3 Å². The second-order valence-electron chi connectivity index (χ2n) is 14.5. The van der Waals surface area contributed by atoms with E-state index in [1.165, 1.54) is 4.57 Å². The third-order valence-corrected chi connectivity index (χ3v) is 12.1. The number of rotatable bonds is 21. The molecule has 12 nitrogen and oxygen atoms in total. The summed E-state index contributed by atoms with van der Waals surface area (Å²) in [6.45, 7) is 9.07. The fourth-order valence-corrected chi connectivity index (χ4v) is 9.02. The normalized spacial score (nSPS) is 17.6. The molecule has 1 saturated heterocycles. The van der Waals surface area contributed by atoms with E-state index in [0.29, 0.717) is 49.5 Å². The minimum atomic E-state index is -1.62. The minimum Gasteiger partial charge on any atom is -0.497 e. The van der Waals surface area contributed by atoms with Gasteiger partial charge >= 0.3 is 5.69 Å². The molecule has 3 aromatic carbocycles. The lowest BCUT2D eigenvalue weighted by molar-refractivity contribution is -0.0926. The molecule has 4 aromatic rings. The Balaban J connectivity index is 1.59. The fraction of sp³-hybridized carbons (Fsp3) is 0.455. The van der Waals surface area contributed by atoms with Crippen molar-refractivity contribution in [3.05, 3.63) is 128 Å². The van der Waals surface area contributed by atoms with Crippen LogP contribution in [0, 0.1) is 12.3 Å². The van der Waals surface area contributed by atoms with Crippen LogP contribution in [0.5, 0.6) is 11.5 Å². The number of aromatic nitrogens is 2. The number of aromatic amines is 1. The zero-order valence-electron chi connectivity index (χ0n) is 33.9. The lowest BCUT2D eigenvalue weighted by Crippen LogP contribution is -2.40. The van der Waals surface area contributed by atoms with Gasteiger partial charge in [-0.25, -0.2) is 9.46 Å². The Kier molecular flexibility index (Phi) is 16.1. The molecule has 5 rings (SSSR count). The summed E-state index contributed by atoms with van der Waals surface area (Å²) in [6, 6.07) is 25.8. The van der Waals surface area contributed by atoms with E-state index >= 15 is 0 Å². The summed E-state index contributed by atoms with van der Waals surface area (Å²) in [5.41, 5.74) is 6.90. The standard InChI is InChI=1S/C44H57N4O8P/c1-8-9-10-12-15-33-29-47(43(50)46-42(33)49)41-28-39(56-57(54-27-26-45)48(31(2)3)32(4)5)40(55-41)30-53-44(34-16-13-11-14-17-34,35-18-22-37(51-6)23-19-35)36-20-24-38(52-7)25-21-36/h1,11,13-14,16-25,29,31-32,39-41H,9-10,12,15,26-28,30,45H2,2-7H3,(H,46,49,50)/t39?,40-,41-,57?/m1/s1. The van der Waals surface area contributed by atoms with Crippen LogP contribution in [0.25, 0.3) is 0 Å². The quantitative estimate of drug-likeness (QED) is 0.0396. The predicted octanol–water partition coefficient (Wildman–Crippen LogP) is 6.90. The van der Waals surface area contributed by atoms with E-state index in [1.54, 1.807) is 20.4 Å². The topological polar surface area (TPSA) is 140 Å². The number of benzene rings is 3. The van der Waals surface area contributed by atoms with Gasteiger partial charge in [-0.05, 0) is 87.9 Å². The van der Waals surface area contributed by atoms with Crippen molar-refractivity contribution in [2.75, 3.05) is 34.0 Å². The van der Waals surface area contributed by atoms with Crippen LogP contribution in [0.3, 0.4) is 0 Å². The number of aryl methyl sites for hydroxylation is 1. The van der Waals surface area contributed by atoms with Crippen molar-refractivity contribution < 1.29 is 28.0 Å². The second-order valence-corrected chi connectivity index (χ2v) is 15.9. The number of nitrogens with one attached hydrogen (secondary N) is 1. The molecule has 13 heteroatoms. The van der Waals surface area contributed by atoms with E-state index in [0.717, 1.165) is 23.1 Å². The van der Waals surface area contributed by atoms with Crippen LogP contribution in [0.1, 0.15) is 81.9 Å². The first-order valence-corrected chi connectivity index (χ1v) is 20.7. The predicted molar refractivity (Wildman–Crippen MR) is 223 cm³/mol. The van der Waals surface area contributed by atoms with Crippen molar-refractivity contribution in [3.63, 3.8) is 0 Å². The van der Waals surface area contributed by atoms with E-state index in [2.05, 4.69) is 43.3 Å². The summed E-state index contributed by atoms with van der Waals surface area (Å²) in [4.78, 5) is 28.9. The molecule has 0 radical (unpaired) electrons. The molecule has 0 saturated carbocycles. The van der Waals surface area contributed by atoms with E-state index in [-0.39, 0.29) is 25.1 Å². The molecule has 0 spiro atoms. The highest BCUT2D eigenvalue weighted by atomic mass is 31.2. The van der Waals surface area contributed by atoms with Gasteiger partial charge in [0.15, 0.2) is 0 Å². The summed E-state index contributed by atoms with van der Waals surface area (Å²) in [6.07, 6.45) is 7.85. The Morgan fingerprint density at radius 1 is 0.930 bits per heavy atom. The van der Waals surface area contributed by atoms with Crippen LogP contribution in [0.4, 0.5) is 0 Å². The molecule has 0 aliphatic carbocycles. The lowest BCUT2D eigenvalue weighted by Gasteiger charge is -2.39. The number of unbranched alkanes of at least 4 members (excludes halogenated alkanes) is 2. The number of hydrogen-bond donors (Lipinski definition) is 2. The van der Waals surface area contributed by atoms with E-state index in [9.17, 15) is 9.59 Å². The number of ether oxygens (including phenoxy) is 4. The van der Waals surface area contributed by atoms with E-state index in [4.69, 9.17) is 40.2 Å². The number of terminal acetylenes is 1. The van der Waals surface area contributed by atoms with Crippen molar-refractivity contribution in [2.45, 2.75) is 95.9 Å². The molecule has 1 aliphatic heterocycles. The maximum atomic E-state index is 13.5. The molecule has 1 aromatic heterocycles. The second kappa shape index (κ2) is 20.9. The first-order chi connectivity index (χ1) is 27.6. The van der Waals surface area contributed by atoms with E-state index in [1.807, 2.05) is 78.9 Å². The largest absolute Gasteiger partial charge is 0.497 e. The van der Waals surface area contributed by atoms with Crippen molar-refractivity contribution in [2.24, 2.45) is 5.73 Å². The van der Waals surface area contributed by atoms with Crippen LogP contribution in [0.2, 0.25) is 0 Å². The first kappa shape index (κ1) is 43.8. The smallest absolute Gasteiger partial charge is 0.330 e. The molecule has 57 heavy (non-hydrogen) atoms. The average molecular weight is 801 g/mol. The monoisotopic (exact) mass is 800 g/mol. The van der Waals surface area contributed by atoms with Gasteiger partial charge in [0.25, 0.3) is 14.1 Å². The van der Waals surface area contributed by atoms with Gasteiger partial charge in [-0.3, -0.25) is 14.3 Å². The lowest BCUT2D eigenvalue weighted by atomic mass is 9.80. The molecular formula is C44H57N4O8P. The van der Waals surface area contributed by atoms with Gasteiger partial charge in [0, 0.05) is 43.2 Å². The maximum Gasteiger partial charge on any atom is 0.330 e. The molecular weight excluding hydrogens is 743 g/mol. The van der Waals surface area contributed by atoms with Crippen LogP contribution >= 0.6 is 8.53 Å². The highest BCUT2D eigenvalue weighted by molar-refractivity contribution is 7.44. The van der Waals surface area contributed by atoms with Gasteiger partial charge in [-0.1, -0.05) is 54.6 Å². The zero-order chi connectivity index (χ0) is 41.0. The van der Waals surface area contributed by atoms with E-state index < -0.39 is 43.8 Å². The van der Waals surface area contributed by atoms with Crippen LogP contribution < -0.4 is 26.5 Å². The Labute approximate surface area is 337 Å². The minimum absolute atomic E-state index is 0.0502. The molecule has 4 atom stereocenters. The van der Waals surface area contributed by atoms with Crippen LogP contribution in [-0.4, -0.2) is 72.5 Å². The molecule has 2 unspecified atom stereocenters. The summed E-state index contributed by atoms with van der Waals surface area (Å²) >= 11 is 0. The molecule has 1 aliphatic rings. The number of nitrogens with zero attached hydrogens (tertiary/aromatic N) is 2. The third-order valence-electron chi connectivity index (χ3n) is 9.98. The van der Waals surface area contributed by atoms with Gasteiger partial charge < -0.3 is 33.7 Å². The van der Waals surface area contributed by atoms with Crippen LogP contribution in [0.15, 0.2) is 94.6 Å². The summed E-state index contributed by atoms with van der Waals surface area (Å²) in [5.74, 6) is 4.05. The highest BCUT2D eigenvalue weighted by Gasteiger charge is 2.45.